The lowest BCUT2D eigenvalue weighted by Gasteiger charge is -2.04. The standard InChI is InChI=1S/C16H23NOS/c1-14(2)13-17-16(18)10-12-19-11-6-9-15-7-4-3-5-8-15/h3-5,7-8,10,12,14H,6,9,11,13H2,1-2H3,(H,17,18)/b12-10+. The quantitative estimate of drug-likeness (QED) is 0.580. The van der Waals surface area contributed by atoms with E-state index in [4.69, 9.17) is 0 Å². The van der Waals surface area contributed by atoms with Gasteiger partial charge in [-0.05, 0) is 35.5 Å². The number of carbonyl (C=O) groups excluding carboxylic acids is 1. The van der Waals surface area contributed by atoms with E-state index < -0.39 is 0 Å². The summed E-state index contributed by atoms with van der Waals surface area (Å²) in [5.41, 5.74) is 1.38. The van der Waals surface area contributed by atoms with Gasteiger partial charge in [-0.3, -0.25) is 4.79 Å². The van der Waals surface area contributed by atoms with Crippen LogP contribution in [0.25, 0.3) is 0 Å². The minimum Gasteiger partial charge on any atom is -0.352 e. The van der Waals surface area contributed by atoms with E-state index in [2.05, 4.69) is 43.4 Å². The van der Waals surface area contributed by atoms with Crippen molar-refractivity contribution in [3.63, 3.8) is 0 Å². The van der Waals surface area contributed by atoms with Gasteiger partial charge in [-0.2, -0.15) is 0 Å². The molecule has 1 amide bonds. The van der Waals surface area contributed by atoms with Gasteiger partial charge in [-0.15, -0.1) is 11.8 Å². The molecule has 0 atom stereocenters. The third-order valence-electron chi connectivity index (χ3n) is 2.57. The summed E-state index contributed by atoms with van der Waals surface area (Å²) in [6.07, 6.45) is 3.85. The molecule has 0 unspecified atom stereocenters. The molecular weight excluding hydrogens is 254 g/mol. The van der Waals surface area contributed by atoms with Crippen molar-refractivity contribution in [1.29, 1.82) is 0 Å². The number of carbonyl (C=O) groups is 1. The van der Waals surface area contributed by atoms with Gasteiger partial charge in [0, 0.05) is 12.6 Å². The zero-order chi connectivity index (χ0) is 13.9. The SMILES string of the molecule is CC(C)CNC(=O)/C=C/SCCCc1ccccc1. The first-order valence-corrected chi connectivity index (χ1v) is 7.83. The molecule has 0 fully saturated rings. The zero-order valence-corrected chi connectivity index (χ0v) is 12.6. The number of hydrogen-bond donors (Lipinski definition) is 1. The summed E-state index contributed by atoms with van der Waals surface area (Å²) < 4.78 is 0. The van der Waals surface area contributed by atoms with Crippen LogP contribution in [-0.2, 0) is 11.2 Å². The van der Waals surface area contributed by atoms with Gasteiger partial charge in [0.05, 0.1) is 0 Å². The molecule has 19 heavy (non-hydrogen) atoms. The highest BCUT2D eigenvalue weighted by molar-refractivity contribution is 8.02. The molecule has 0 aliphatic rings. The topological polar surface area (TPSA) is 29.1 Å². The van der Waals surface area contributed by atoms with E-state index in [0.29, 0.717) is 5.92 Å². The van der Waals surface area contributed by atoms with Crippen molar-refractivity contribution in [2.75, 3.05) is 12.3 Å². The Bertz CT molecular complexity index is 387. The fourth-order valence-corrected chi connectivity index (χ4v) is 2.21. The van der Waals surface area contributed by atoms with Crippen LogP contribution < -0.4 is 5.32 Å². The summed E-state index contributed by atoms with van der Waals surface area (Å²) in [6, 6.07) is 10.5. The zero-order valence-electron chi connectivity index (χ0n) is 11.8. The van der Waals surface area contributed by atoms with Crippen LogP contribution >= 0.6 is 11.8 Å². The number of hydrogen-bond acceptors (Lipinski definition) is 2. The smallest absolute Gasteiger partial charge is 0.244 e. The number of thioether (sulfide) groups is 1. The Balaban J connectivity index is 2.05. The second kappa shape index (κ2) is 9.68. The first-order chi connectivity index (χ1) is 9.18. The molecule has 2 nitrogen and oxygen atoms in total. The summed E-state index contributed by atoms with van der Waals surface area (Å²) >= 11 is 1.69. The fourth-order valence-electron chi connectivity index (χ4n) is 1.55. The molecule has 0 radical (unpaired) electrons. The van der Waals surface area contributed by atoms with E-state index in [1.165, 1.54) is 5.56 Å². The summed E-state index contributed by atoms with van der Waals surface area (Å²) in [5, 5.41) is 4.75. The second-order valence-electron chi connectivity index (χ2n) is 4.90. The van der Waals surface area contributed by atoms with Crippen LogP contribution in [0.2, 0.25) is 0 Å². The van der Waals surface area contributed by atoms with E-state index in [1.807, 2.05) is 11.5 Å². The third-order valence-corrected chi connectivity index (χ3v) is 3.42. The van der Waals surface area contributed by atoms with Crippen molar-refractivity contribution in [3.05, 3.63) is 47.4 Å². The predicted molar refractivity (Wildman–Crippen MR) is 84.2 cm³/mol. The van der Waals surface area contributed by atoms with Crippen molar-refractivity contribution < 1.29 is 4.79 Å². The summed E-state index contributed by atoms with van der Waals surface area (Å²) in [6.45, 7) is 4.91. The van der Waals surface area contributed by atoms with E-state index in [-0.39, 0.29) is 5.91 Å². The normalized spacial score (nSPS) is 11.1. The Labute approximate surface area is 120 Å². The van der Waals surface area contributed by atoms with Crippen LogP contribution in [0, 0.1) is 5.92 Å². The highest BCUT2D eigenvalue weighted by atomic mass is 32.2. The molecule has 1 aromatic rings. The molecular formula is C16H23NOS. The average molecular weight is 277 g/mol. The van der Waals surface area contributed by atoms with E-state index in [0.717, 1.165) is 25.1 Å². The molecule has 0 heterocycles. The van der Waals surface area contributed by atoms with Gasteiger partial charge in [0.25, 0.3) is 0 Å². The highest BCUT2D eigenvalue weighted by Crippen LogP contribution is 2.08. The molecule has 1 N–H and O–H groups in total. The maximum absolute atomic E-state index is 11.4. The Kier molecular flexibility index (Phi) is 8.07. The van der Waals surface area contributed by atoms with Gasteiger partial charge in [-0.25, -0.2) is 0 Å². The van der Waals surface area contributed by atoms with Crippen LogP contribution in [0.5, 0.6) is 0 Å². The highest BCUT2D eigenvalue weighted by Gasteiger charge is 1.97. The van der Waals surface area contributed by atoms with Gasteiger partial charge in [0.15, 0.2) is 0 Å². The average Bonchev–Trinajstić information content (AvgIpc) is 2.41. The molecule has 0 aromatic heterocycles. The van der Waals surface area contributed by atoms with Crippen molar-refractivity contribution in [2.24, 2.45) is 5.92 Å². The van der Waals surface area contributed by atoms with Crippen molar-refractivity contribution >= 4 is 17.7 Å². The Morgan fingerprint density at radius 3 is 2.74 bits per heavy atom. The molecule has 0 bridgehead atoms. The van der Waals surface area contributed by atoms with Gasteiger partial charge in [0.1, 0.15) is 0 Å². The lowest BCUT2D eigenvalue weighted by Crippen LogP contribution is -2.25. The number of amides is 1. The molecule has 104 valence electrons. The first kappa shape index (κ1) is 15.8. The van der Waals surface area contributed by atoms with Crippen LogP contribution in [0.4, 0.5) is 0 Å². The van der Waals surface area contributed by atoms with Crippen molar-refractivity contribution in [3.8, 4) is 0 Å². The number of benzene rings is 1. The maximum atomic E-state index is 11.4. The molecule has 3 heteroatoms. The summed E-state index contributed by atoms with van der Waals surface area (Å²) in [4.78, 5) is 11.4. The third kappa shape index (κ3) is 8.49. The van der Waals surface area contributed by atoms with E-state index in [1.54, 1.807) is 17.8 Å². The molecule has 0 saturated heterocycles. The minimum absolute atomic E-state index is 0.00394. The van der Waals surface area contributed by atoms with Gasteiger partial charge in [0.2, 0.25) is 5.91 Å². The molecule has 0 spiro atoms. The first-order valence-electron chi connectivity index (χ1n) is 6.78. The Morgan fingerprint density at radius 2 is 2.05 bits per heavy atom. The largest absolute Gasteiger partial charge is 0.352 e. The summed E-state index contributed by atoms with van der Waals surface area (Å²) in [7, 11) is 0. The maximum Gasteiger partial charge on any atom is 0.244 e. The number of aryl methyl sites for hydroxylation is 1. The predicted octanol–water partition coefficient (Wildman–Crippen LogP) is 3.64. The van der Waals surface area contributed by atoms with Crippen LogP contribution in [0.3, 0.4) is 0 Å². The van der Waals surface area contributed by atoms with Crippen molar-refractivity contribution in [1.82, 2.24) is 5.32 Å². The molecule has 0 saturated carbocycles. The minimum atomic E-state index is 0.00394. The van der Waals surface area contributed by atoms with E-state index >= 15 is 0 Å². The van der Waals surface area contributed by atoms with Crippen molar-refractivity contribution in [2.45, 2.75) is 26.7 Å². The van der Waals surface area contributed by atoms with Crippen LogP contribution in [0.15, 0.2) is 41.8 Å². The number of rotatable bonds is 8. The monoisotopic (exact) mass is 277 g/mol. The van der Waals surface area contributed by atoms with E-state index in [9.17, 15) is 4.79 Å². The van der Waals surface area contributed by atoms with Crippen LogP contribution in [0.1, 0.15) is 25.8 Å². The second-order valence-corrected chi connectivity index (χ2v) is 5.92. The Morgan fingerprint density at radius 1 is 1.32 bits per heavy atom. The molecule has 0 aliphatic heterocycles. The lowest BCUT2D eigenvalue weighted by molar-refractivity contribution is -0.116. The fraction of sp³-hybridized carbons (Fsp3) is 0.438. The lowest BCUT2D eigenvalue weighted by atomic mass is 10.1. The molecule has 1 aromatic carbocycles. The van der Waals surface area contributed by atoms with Crippen LogP contribution in [-0.4, -0.2) is 18.2 Å². The van der Waals surface area contributed by atoms with Gasteiger partial charge >= 0.3 is 0 Å². The Hall–Kier alpha value is -1.22. The molecule has 1 rings (SSSR count). The molecule has 0 aliphatic carbocycles. The summed E-state index contributed by atoms with van der Waals surface area (Å²) in [5.74, 6) is 1.54. The van der Waals surface area contributed by atoms with Gasteiger partial charge < -0.3 is 5.32 Å². The van der Waals surface area contributed by atoms with Gasteiger partial charge in [-0.1, -0.05) is 44.2 Å². The number of nitrogens with one attached hydrogen (secondary N) is 1.